The van der Waals surface area contributed by atoms with Gasteiger partial charge in [0.15, 0.2) is 16.6 Å². The molecule has 0 rings (SSSR count). The van der Waals surface area contributed by atoms with E-state index in [1.54, 1.807) is 0 Å². The van der Waals surface area contributed by atoms with E-state index >= 15 is 0 Å². The van der Waals surface area contributed by atoms with Gasteiger partial charge in [-0.3, -0.25) is 0 Å². The maximum atomic E-state index is 6.66. The van der Waals surface area contributed by atoms with Crippen LogP contribution in [-0.2, 0) is 8.85 Å². The van der Waals surface area contributed by atoms with Gasteiger partial charge in [-0.1, -0.05) is 53.9 Å². The van der Waals surface area contributed by atoms with E-state index in [0.717, 1.165) is 13.2 Å². The molecule has 0 aliphatic rings. The van der Waals surface area contributed by atoms with E-state index in [1.807, 2.05) is 0 Å². The van der Waals surface area contributed by atoms with Gasteiger partial charge in [0.2, 0.25) is 0 Å². The van der Waals surface area contributed by atoms with Crippen molar-refractivity contribution < 1.29 is 8.85 Å². The van der Waals surface area contributed by atoms with Crippen molar-refractivity contribution in [2.24, 2.45) is 5.41 Å². The third-order valence-electron chi connectivity index (χ3n) is 3.78. The summed E-state index contributed by atoms with van der Waals surface area (Å²) in [5.74, 6) is 0. The second-order valence-electron chi connectivity index (χ2n) is 8.29. The quantitative estimate of drug-likeness (QED) is 0.405. The van der Waals surface area contributed by atoms with E-state index in [1.165, 1.54) is 37.4 Å². The Labute approximate surface area is 136 Å². The molecule has 0 aromatic heterocycles. The predicted octanol–water partition coefficient (Wildman–Crippen LogP) is 6.06. The summed E-state index contributed by atoms with van der Waals surface area (Å²) in [5.41, 5.74) is 0.133. The molecule has 0 spiro atoms. The highest BCUT2D eigenvalue weighted by atomic mass is 28.4. The Kier molecular flexibility index (Phi) is 9.64. The molecule has 0 amide bonds. The zero-order chi connectivity index (χ0) is 16.6. The zero-order valence-corrected chi connectivity index (χ0v) is 18.0. The van der Waals surface area contributed by atoms with Gasteiger partial charge in [-0.05, 0) is 37.8 Å². The van der Waals surface area contributed by atoms with Crippen LogP contribution in [-0.4, -0.2) is 29.8 Å². The summed E-state index contributed by atoms with van der Waals surface area (Å²) in [6.07, 6.45) is 3.79. The minimum Gasteiger partial charge on any atom is -0.417 e. The molecule has 0 saturated carbocycles. The SMILES string of the molecule is CCC[Si](CCC)(CCC)OCC(C)(C)CO[Si](C)(C)C. The van der Waals surface area contributed by atoms with Crippen LogP contribution in [0.5, 0.6) is 0 Å². The van der Waals surface area contributed by atoms with Gasteiger partial charge in [0, 0.05) is 18.6 Å². The molecule has 0 bridgehead atoms. The number of rotatable bonds is 12. The lowest BCUT2D eigenvalue weighted by molar-refractivity contribution is 0.100. The van der Waals surface area contributed by atoms with Gasteiger partial charge < -0.3 is 8.85 Å². The monoisotopic (exact) mass is 332 g/mol. The van der Waals surface area contributed by atoms with Crippen molar-refractivity contribution in [3.63, 3.8) is 0 Å². The van der Waals surface area contributed by atoms with Crippen LogP contribution in [0.15, 0.2) is 0 Å². The Balaban J connectivity index is 4.62. The minimum absolute atomic E-state index is 0.133. The van der Waals surface area contributed by atoms with Gasteiger partial charge in [0.05, 0.1) is 0 Å². The van der Waals surface area contributed by atoms with Gasteiger partial charge in [0.1, 0.15) is 0 Å². The Morgan fingerprint density at radius 3 is 1.43 bits per heavy atom. The van der Waals surface area contributed by atoms with E-state index in [4.69, 9.17) is 8.85 Å². The van der Waals surface area contributed by atoms with Crippen molar-refractivity contribution in [3.05, 3.63) is 0 Å². The molecule has 0 atom stereocenters. The van der Waals surface area contributed by atoms with Gasteiger partial charge in [-0.25, -0.2) is 0 Å². The third kappa shape index (κ3) is 9.87. The normalized spacial score (nSPS) is 13.7. The zero-order valence-electron chi connectivity index (χ0n) is 16.0. The lowest BCUT2D eigenvalue weighted by atomic mass is 9.97. The second-order valence-corrected chi connectivity index (χ2v) is 17.0. The summed E-state index contributed by atoms with van der Waals surface area (Å²) in [6.45, 7) is 20.0. The molecule has 2 nitrogen and oxygen atoms in total. The van der Waals surface area contributed by atoms with E-state index in [0.29, 0.717) is 0 Å². The summed E-state index contributed by atoms with van der Waals surface area (Å²) in [4.78, 5) is 0. The smallest absolute Gasteiger partial charge is 0.192 e. The number of hydrogen-bond acceptors (Lipinski definition) is 2. The average molecular weight is 333 g/mol. The molecule has 0 radical (unpaired) electrons. The van der Waals surface area contributed by atoms with E-state index in [9.17, 15) is 0 Å². The summed E-state index contributed by atoms with van der Waals surface area (Å²) in [7, 11) is -2.96. The van der Waals surface area contributed by atoms with Gasteiger partial charge in [-0.15, -0.1) is 0 Å². The van der Waals surface area contributed by atoms with Crippen LogP contribution in [0.2, 0.25) is 37.8 Å². The first-order valence-corrected chi connectivity index (χ1v) is 14.8. The van der Waals surface area contributed by atoms with Crippen LogP contribution in [0.25, 0.3) is 0 Å². The Morgan fingerprint density at radius 1 is 0.714 bits per heavy atom. The summed E-state index contributed by atoms with van der Waals surface area (Å²) < 4.78 is 12.8. The van der Waals surface area contributed by atoms with Crippen LogP contribution in [0.3, 0.4) is 0 Å². The second kappa shape index (κ2) is 9.48. The first kappa shape index (κ1) is 21.4. The molecule has 4 heteroatoms. The molecule has 0 unspecified atom stereocenters. The lowest BCUT2D eigenvalue weighted by Crippen LogP contribution is -2.42. The first-order valence-electron chi connectivity index (χ1n) is 8.87. The lowest BCUT2D eigenvalue weighted by Gasteiger charge is -2.36. The molecule has 0 saturated heterocycles. The standard InChI is InChI=1S/C17H40O2Si2/c1-9-12-21(13-10-2,14-11-3)19-16-17(4,5)15-18-20(6,7)8/h9-16H2,1-8H3. The van der Waals surface area contributed by atoms with E-state index in [-0.39, 0.29) is 5.41 Å². The molecule has 0 aromatic carbocycles. The highest BCUT2D eigenvalue weighted by molar-refractivity contribution is 6.73. The predicted molar refractivity (Wildman–Crippen MR) is 100 cm³/mol. The highest BCUT2D eigenvalue weighted by Crippen LogP contribution is 2.30. The molecular weight excluding hydrogens is 292 g/mol. The maximum absolute atomic E-state index is 6.66. The minimum atomic E-state index is -1.52. The summed E-state index contributed by atoms with van der Waals surface area (Å²) in [5, 5.41) is 0. The maximum Gasteiger partial charge on any atom is 0.192 e. The fraction of sp³-hybridized carbons (Fsp3) is 1.00. The van der Waals surface area contributed by atoms with E-state index < -0.39 is 16.6 Å². The largest absolute Gasteiger partial charge is 0.417 e. The van der Waals surface area contributed by atoms with E-state index in [2.05, 4.69) is 54.3 Å². The number of hydrogen-bond donors (Lipinski definition) is 0. The molecule has 0 aromatic rings. The van der Waals surface area contributed by atoms with Gasteiger partial charge in [0.25, 0.3) is 0 Å². The van der Waals surface area contributed by atoms with Crippen molar-refractivity contribution in [2.75, 3.05) is 13.2 Å². The third-order valence-corrected chi connectivity index (χ3v) is 9.78. The summed E-state index contributed by atoms with van der Waals surface area (Å²) in [6, 6.07) is 3.96. The average Bonchev–Trinajstić information content (AvgIpc) is 2.35. The highest BCUT2D eigenvalue weighted by Gasteiger charge is 2.34. The Hall–Kier alpha value is 0.354. The molecule has 21 heavy (non-hydrogen) atoms. The van der Waals surface area contributed by atoms with Crippen LogP contribution < -0.4 is 0 Å². The van der Waals surface area contributed by atoms with Crippen LogP contribution in [0.1, 0.15) is 53.9 Å². The van der Waals surface area contributed by atoms with Crippen molar-refractivity contribution >= 4 is 16.6 Å². The van der Waals surface area contributed by atoms with Crippen molar-refractivity contribution in [1.82, 2.24) is 0 Å². The molecular formula is C17H40O2Si2. The molecule has 0 fully saturated rings. The summed E-state index contributed by atoms with van der Waals surface area (Å²) >= 11 is 0. The van der Waals surface area contributed by atoms with Crippen molar-refractivity contribution in [1.29, 1.82) is 0 Å². The molecule has 0 heterocycles. The van der Waals surface area contributed by atoms with Crippen molar-refractivity contribution in [2.45, 2.75) is 91.7 Å². The molecule has 128 valence electrons. The van der Waals surface area contributed by atoms with Crippen LogP contribution in [0, 0.1) is 5.41 Å². The Morgan fingerprint density at radius 2 is 1.10 bits per heavy atom. The van der Waals surface area contributed by atoms with Gasteiger partial charge >= 0.3 is 0 Å². The molecule has 0 aliphatic carbocycles. The Bertz CT molecular complexity index is 255. The van der Waals surface area contributed by atoms with Crippen LogP contribution in [0.4, 0.5) is 0 Å². The molecule has 0 N–H and O–H groups in total. The fourth-order valence-corrected chi connectivity index (χ4v) is 8.20. The van der Waals surface area contributed by atoms with Gasteiger partial charge in [-0.2, -0.15) is 0 Å². The molecule has 0 aliphatic heterocycles. The van der Waals surface area contributed by atoms with Crippen LogP contribution >= 0.6 is 0 Å². The first-order chi connectivity index (χ1) is 9.60. The topological polar surface area (TPSA) is 18.5 Å². The van der Waals surface area contributed by atoms with Crippen molar-refractivity contribution in [3.8, 4) is 0 Å². The fourth-order valence-electron chi connectivity index (χ4n) is 2.76.